The van der Waals surface area contributed by atoms with E-state index in [1.54, 1.807) is 6.92 Å². The van der Waals surface area contributed by atoms with Crippen molar-refractivity contribution in [3.63, 3.8) is 0 Å². The van der Waals surface area contributed by atoms with Crippen LogP contribution in [0.5, 0.6) is 0 Å². The van der Waals surface area contributed by atoms with Crippen molar-refractivity contribution in [1.82, 2.24) is 0 Å². The van der Waals surface area contributed by atoms with Crippen LogP contribution in [-0.4, -0.2) is 11.6 Å². The predicted molar refractivity (Wildman–Crippen MR) is 62.8 cm³/mol. The normalized spacial score (nSPS) is 15.1. The molecule has 0 aliphatic carbocycles. The van der Waals surface area contributed by atoms with E-state index in [1.165, 1.54) is 0 Å². The van der Waals surface area contributed by atoms with Gasteiger partial charge in [-0.15, -0.1) is 0 Å². The maximum Gasteiger partial charge on any atom is 0.139 e. The van der Waals surface area contributed by atoms with Gasteiger partial charge in [0.25, 0.3) is 0 Å². The van der Waals surface area contributed by atoms with Gasteiger partial charge in [0.1, 0.15) is 11.6 Å². The summed E-state index contributed by atoms with van der Waals surface area (Å²) in [5.74, 6) is 0.580. The summed E-state index contributed by atoms with van der Waals surface area (Å²) in [5, 5.41) is 0. The largest absolute Gasteiger partial charge is 0.300 e. The quantitative estimate of drug-likeness (QED) is 0.648. The Morgan fingerprint density at radius 1 is 1.27 bits per heavy atom. The smallest absolute Gasteiger partial charge is 0.139 e. The Hall–Kier alpha value is -0.660. The molecule has 0 radical (unpaired) electrons. The van der Waals surface area contributed by atoms with Crippen LogP contribution in [0.25, 0.3) is 0 Å². The fourth-order valence-corrected chi connectivity index (χ4v) is 1.76. The first-order chi connectivity index (χ1) is 6.84. The van der Waals surface area contributed by atoms with E-state index in [2.05, 4.69) is 6.92 Å². The van der Waals surface area contributed by atoms with Crippen LogP contribution in [0.3, 0.4) is 0 Å². The first-order valence-corrected chi connectivity index (χ1v) is 5.87. The molecule has 0 aliphatic heterocycles. The van der Waals surface area contributed by atoms with Crippen molar-refractivity contribution >= 4 is 11.6 Å². The van der Waals surface area contributed by atoms with Crippen LogP contribution in [0.4, 0.5) is 0 Å². The second-order valence-corrected chi connectivity index (χ2v) is 4.98. The Labute approximate surface area is 93.4 Å². The summed E-state index contributed by atoms with van der Waals surface area (Å²) in [6.07, 6.45) is 2.95. The molecule has 1 atom stereocenters. The number of hydrogen-bond donors (Lipinski definition) is 0. The van der Waals surface area contributed by atoms with Gasteiger partial charge in [0.2, 0.25) is 0 Å². The molecule has 0 rings (SSSR count). The summed E-state index contributed by atoms with van der Waals surface area (Å²) in [4.78, 5) is 23.2. The van der Waals surface area contributed by atoms with Crippen molar-refractivity contribution in [1.29, 1.82) is 0 Å². The molecule has 0 saturated heterocycles. The minimum absolute atomic E-state index is 0.107. The van der Waals surface area contributed by atoms with Crippen molar-refractivity contribution < 1.29 is 9.59 Å². The molecule has 0 aliphatic rings. The molecular formula is C13H24O2. The molecule has 0 aromatic carbocycles. The van der Waals surface area contributed by atoms with Crippen LogP contribution in [0.15, 0.2) is 0 Å². The van der Waals surface area contributed by atoms with Crippen molar-refractivity contribution in [2.75, 3.05) is 0 Å². The van der Waals surface area contributed by atoms with Crippen molar-refractivity contribution in [2.24, 2.45) is 11.3 Å². The van der Waals surface area contributed by atoms with E-state index < -0.39 is 5.41 Å². The number of ketones is 2. The lowest BCUT2D eigenvalue weighted by atomic mass is 9.71. The number of Topliss-reactive ketones (excluding diaryl/α,β-unsaturated/α-hetero) is 2. The first-order valence-electron chi connectivity index (χ1n) is 5.87. The van der Waals surface area contributed by atoms with E-state index in [9.17, 15) is 9.59 Å². The molecule has 0 saturated carbocycles. The Morgan fingerprint density at radius 3 is 2.13 bits per heavy atom. The van der Waals surface area contributed by atoms with Crippen molar-refractivity contribution in [3.05, 3.63) is 0 Å². The number of rotatable bonds is 7. The molecule has 0 bridgehead atoms. The maximum absolute atomic E-state index is 12.0. The van der Waals surface area contributed by atoms with Crippen LogP contribution in [-0.2, 0) is 9.59 Å². The number of hydrogen-bond acceptors (Lipinski definition) is 2. The third-order valence-corrected chi connectivity index (χ3v) is 3.28. The summed E-state index contributed by atoms with van der Waals surface area (Å²) >= 11 is 0. The minimum Gasteiger partial charge on any atom is -0.300 e. The third kappa shape index (κ3) is 4.15. The SMILES string of the molecule is CCCCC(=O)C(C)(CC(C)=O)C(C)C. The molecule has 1 unspecified atom stereocenters. The molecule has 0 aromatic rings. The summed E-state index contributed by atoms with van der Waals surface area (Å²) in [7, 11) is 0. The lowest BCUT2D eigenvalue weighted by Crippen LogP contribution is -2.35. The van der Waals surface area contributed by atoms with Gasteiger partial charge in [-0.3, -0.25) is 9.59 Å². The summed E-state index contributed by atoms with van der Waals surface area (Å²) in [6.45, 7) is 9.61. The summed E-state index contributed by atoms with van der Waals surface area (Å²) in [5.41, 5.74) is -0.457. The second-order valence-electron chi connectivity index (χ2n) is 4.98. The van der Waals surface area contributed by atoms with Gasteiger partial charge in [-0.25, -0.2) is 0 Å². The van der Waals surface area contributed by atoms with Gasteiger partial charge < -0.3 is 0 Å². The van der Waals surface area contributed by atoms with E-state index in [4.69, 9.17) is 0 Å². The molecule has 0 fully saturated rings. The monoisotopic (exact) mass is 212 g/mol. The van der Waals surface area contributed by atoms with Crippen LogP contribution < -0.4 is 0 Å². The van der Waals surface area contributed by atoms with E-state index in [0.29, 0.717) is 12.8 Å². The van der Waals surface area contributed by atoms with E-state index in [1.807, 2.05) is 20.8 Å². The van der Waals surface area contributed by atoms with Crippen molar-refractivity contribution in [3.8, 4) is 0 Å². The fourth-order valence-electron chi connectivity index (χ4n) is 1.76. The molecule has 2 heteroatoms. The van der Waals surface area contributed by atoms with Gasteiger partial charge in [-0.1, -0.05) is 34.1 Å². The second kappa shape index (κ2) is 6.04. The molecule has 2 nitrogen and oxygen atoms in total. The van der Waals surface area contributed by atoms with Crippen LogP contribution in [0.1, 0.15) is 60.3 Å². The summed E-state index contributed by atoms with van der Waals surface area (Å²) < 4.78 is 0. The Bertz CT molecular complexity index is 231. The third-order valence-electron chi connectivity index (χ3n) is 3.28. The van der Waals surface area contributed by atoms with Crippen molar-refractivity contribution in [2.45, 2.75) is 60.3 Å². The van der Waals surface area contributed by atoms with Crippen LogP contribution >= 0.6 is 0 Å². The maximum atomic E-state index is 12.0. The Balaban J connectivity index is 4.62. The van der Waals surface area contributed by atoms with E-state index >= 15 is 0 Å². The van der Waals surface area contributed by atoms with Crippen LogP contribution in [0.2, 0.25) is 0 Å². The highest BCUT2D eigenvalue weighted by atomic mass is 16.1. The molecule has 0 amide bonds. The minimum atomic E-state index is -0.457. The molecular weight excluding hydrogens is 188 g/mol. The molecule has 0 heterocycles. The van der Waals surface area contributed by atoms with Gasteiger partial charge in [0, 0.05) is 18.3 Å². The van der Waals surface area contributed by atoms with Gasteiger partial charge in [0.15, 0.2) is 0 Å². The zero-order valence-corrected chi connectivity index (χ0v) is 10.7. The fraction of sp³-hybridized carbons (Fsp3) is 0.846. The predicted octanol–water partition coefficient (Wildman–Crippen LogP) is 3.39. The average Bonchev–Trinajstić information content (AvgIpc) is 2.12. The molecule has 0 spiro atoms. The lowest BCUT2D eigenvalue weighted by Gasteiger charge is -2.31. The van der Waals surface area contributed by atoms with Crippen LogP contribution in [0, 0.1) is 11.3 Å². The number of carbonyl (C=O) groups is 2. The van der Waals surface area contributed by atoms with E-state index in [0.717, 1.165) is 12.8 Å². The highest BCUT2D eigenvalue weighted by Gasteiger charge is 2.36. The zero-order chi connectivity index (χ0) is 12.1. The van der Waals surface area contributed by atoms with Gasteiger partial charge in [-0.2, -0.15) is 0 Å². The zero-order valence-electron chi connectivity index (χ0n) is 10.7. The molecule has 0 aromatic heterocycles. The molecule has 0 N–H and O–H groups in total. The van der Waals surface area contributed by atoms with Gasteiger partial charge in [-0.05, 0) is 19.3 Å². The standard InChI is InChI=1S/C13H24O2/c1-6-7-8-12(15)13(5,10(2)3)9-11(4)14/h10H,6-9H2,1-5H3. The Morgan fingerprint density at radius 2 is 1.80 bits per heavy atom. The van der Waals surface area contributed by atoms with E-state index in [-0.39, 0.29) is 17.5 Å². The highest BCUT2D eigenvalue weighted by Crippen LogP contribution is 2.34. The number of unbranched alkanes of at least 4 members (excludes halogenated alkanes) is 1. The Kier molecular flexibility index (Phi) is 5.77. The highest BCUT2D eigenvalue weighted by molar-refractivity contribution is 5.90. The topological polar surface area (TPSA) is 34.1 Å². The van der Waals surface area contributed by atoms with Gasteiger partial charge in [0.05, 0.1) is 0 Å². The van der Waals surface area contributed by atoms with Gasteiger partial charge >= 0.3 is 0 Å². The molecule has 88 valence electrons. The lowest BCUT2D eigenvalue weighted by molar-refractivity contribution is -0.135. The first kappa shape index (κ1) is 14.3. The number of carbonyl (C=O) groups excluding carboxylic acids is 2. The molecule has 15 heavy (non-hydrogen) atoms. The summed E-state index contributed by atoms with van der Waals surface area (Å²) in [6, 6.07) is 0. The average molecular weight is 212 g/mol.